The summed E-state index contributed by atoms with van der Waals surface area (Å²) in [4.78, 5) is 23.8. The largest absolute Gasteiger partial charge is 0.493 e. The molecule has 0 saturated heterocycles. The van der Waals surface area contributed by atoms with Crippen molar-refractivity contribution in [2.75, 3.05) is 19.0 Å². The molecule has 0 saturated carbocycles. The first-order valence-corrected chi connectivity index (χ1v) is 9.35. The Bertz CT molecular complexity index is 1020. The molecule has 0 aliphatic carbocycles. The number of carboxylic acids is 1. The van der Waals surface area contributed by atoms with Gasteiger partial charge in [-0.2, -0.15) is 5.26 Å². The normalized spacial score (nSPS) is 10.6. The number of hydrogen-bond donors (Lipinski definition) is 2. The molecule has 8 heteroatoms. The smallest absolute Gasteiger partial charge is 0.337 e. The maximum atomic E-state index is 12.5. The van der Waals surface area contributed by atoms with Crippen LogP contribution >= 0.6 is 22.6 Å². The first kappa shape index (κ1) is 22.0. The van der Waals surface area contributed by atoms with Crippen molar-refractivity contribution < 1.29 is 24.2 Å². The zero-order chi connectivity index (χ0) is 21.4. The van der Waals surface area contributed by atoms with Crippen molar-refractivity contribution in [3.8, 4) is 17.6 Å². The summed E-state index contributed by atoms with van der Waals surface area (Å²) in [6.07, 6.45) is 3.00. The number of benzene rings is 2. The Balaban J connectivity index is 2.35. The molecule has 29 heavy (non-hydrogen) atoms. The van der Waals surface area contributed by atoms with E-state index in [1.807, 2.05) is 6.07 Å². The molecule has 0 radical (unpaired) electrons. The lowest BCUT2D eigenvalue weighted by molar-refractivity contribution is -0.112. The number of rotatable bonds is 8. The number of carbonyl (C=O) groups is 2. The number of carbonyl (C=O) groups excluding carboxylic acids is 1. The number of halogens is 1. The fourth-order valence-corrected chi connectivity index (χ4v) is 3.17. The lowest BCUT2D eigenvalue weighted by atomic mass is 10.1. The van der Waals surface area contributed by atoms with Gasteiger partial charge in [-0.05, 0) is 58.5 Å². The molecule has 0 atom stereocenters. The molecule has 148 valence electrons. The lowest BCUT2D eigenvalue weighted by Crippen LogP contribution is -2.16. The Hall–Kier alpha value is -3.32. The molecular weight excluding hydrogens is 487 g/mol. The quantitative estimate of drug-likeness (QED) is 0.243. The Kier molecular flexibility index (Phi) is 7.79. The second kappa shape index (κ2) is 10.3. The molecule has 2 aromatic rings. The summed E-state index contributed by atoms with van der Waals surface area (Å²) in [6.45, 7) is 3.91. The van der Waals surface area contributed by atoms with Crippen LogP contribution in [0, 0.1) is 14.9 Å². The van der Waals surface area contributed by atoms with Gasteiger partial charge in [-0.1, -0.05) is 24.8 Å². The van der Waals surface area contributed by atoms with Crippen molar-refractivity contribution in [3.63, 3.8) is 0 Å². The van der Waals surface area contributed by atoms with Crippen molar-refractivity contribution in [3.05, 3.63) is 69.3 Å². The van der Waals surface area contributed by atoms with Crippen LogP contribution < -0.4 is 14.8 Å². The Morgan fingerprint density at radius 3 is 2.69 bits per heavy atom. The summed E-state index contributed by atoms with van der Waals surface area (Å²) >= 11 is 2.06. The van der Waals surface area contributed by atoms with E-state index in [4.69, 9.17) is 9.47 Å². The highest BCUT2D eigenvalue weighted by molar-refractivity contribution is 14.1. The Labute approximate surface area is 181 Å². The van der Waals surface area contributed by atoms with Gasteiger partial charge in [-0.3, -0.25) is 4.79 Å². The second-order valence-electron chi connectivity index (χ2n) is 5.61. The van der Waals surface area contributed by atoms with E-state index in [1.165, 1.54) is 25.3 Å². The Morgan fingerprint density at radius 1 is 1.34 bits per heavy atom. The number of nitrogens with zero attached hydrogens (tertiary/aromatic N) is 1. The number of carboxylic acid groups (broad SMARTS) is 1. The van der Waals surface area contributed by atoms with E-state index in [0.29, 0.717) is 23.7 Å². The molecule has 0 bridgehead atoms. The molecule has 0 heterocycles. The number of methoxy groups -OCH3 is 1. The second-order valence-corrected chi connectivity index (χ2v) is 6.77. The van der Waals surface area contributed by atoms with Gasteiger partial charge in [0.2, 0.25) is 0 Å². The molecular formula is C21H17IN2O5. The molecule has 1 amide bonds. The van der Waals surface area contributed by atoms with Crippen LogP contribution in [0.5, 0.6) is 11.5 Å². The van der Waals surface area contributed by atoms with Crippen molar-refractivity contribution in [1.82, 2.24) is 0 Å². The summed E-state index contributed by atoms with van der Waals surface area (Å²) < 4.78 is 11.6. The van der Waals surface area contributed by atoms with Crippen LogP contribution in [0.15, 0.2) is 54.6 Å². The van der Waals surface area contributed by atoms with Crippen LogP contribution in [0.3, 0.4) is 0 Å². The van der Waals surface area contributed by atoms with Gasteiger partial charge in [0.05, 0.1) is 21.9 Å². The summed E-state index contributed by atoms with van der Waals surface area (Å²) in [5, 5.41) is 21.1. The van der Waals surface area contributed by atoms with E-state index in [-0.39, 0.29) is 16.8 Å². The molecule has 0 unspecified atom stereocenters. The van der Waals surface area contributed by atoms with Crippen molar-refractivity contribution in [2.24, 2.45) is 0 Å². The van der Waals surface area contributed by atoms with E-state index in [1.54, 1.807) is 30.3 Å². The van der Waals surface area contributed by atoms with Crippen LogP contribution in [0.2, 0.25) is 0 Å². The number of aromatic carboxylic acids is 1. The van der Waals surface area contributed by atoms with Crippen LogP contribution in [0.4, 0.5) is 5.69 Å². The molecule has 0 aromatic heterocycles. The number of amides is 1. The van der Waals surface area contributed by atoms with Gasteiger partial charge in [-0.25, -0.2) is 4.79 Å². The SMILES string of the molecule is C=CCOc1c(I)cc(/C=C(\C#N)C(=O)Nc2ccccc2C(=O)O)cc1OC. The summed E-state index contributed by atoms with van der Waals surface area (Å²) in [5.41, 5.74) is 0.391. The van der Waals surface area contributed by atoms with Gasteiger partial charge in [0, 0.05) is 0 Å². The highest BCUT2D eigenvalue weighted by Crippen LogP contribution is 2.34. The molecule has 2 aromatic carbocycles. The van der Waals surface area contributed by atoms with Crippen molar-refractivity contribution in [2.45, 2.75) is 0 Å². The van der Waals surface area contributed by atoms with E-state index in [2.05, 4.69) is 34.5 Å². The number of ether oxygens (including phenoxy) is 2. The fourth-order valence-electron chi connectivity index (χ4n) is 2.39. The zero-order valence-corrected chi connectivity index (χ0v) is 17.6. The average Bonchev–Trinajstić information content (AvgIpc) is 2.70. The van der Waals surface area contributed by atoms with Crippen molar-refractivity contribution in [1.29, 1.82) is 5.26 Å². The number of nitriles is 1. The van der Waals surface area contributed by atoms with Crippen LogP contribution in [-0.2, 0) is 4.79 Å². The highest BCUT2D eigenvalue weighted by Gasteiger charge is 2.16. The standard InChI is InChI=1S/C21H17IN2O5/c1-3-8-29-19-16(22)10-13(11-18(19)28-2)9-14(12-23)20(25)24-17-7-5-4-6-15(17)21(26)27/h3-7,9-11H,1,8H2,2H3,(H,24,25)(H,26,27)/b14-9+. The molecule has 0 aliphatic rings. The zero-order valence-electron chi connectivity index (χ0n) is 15.4. The molecule has 0 fully saturated rings. The van der Waals surface area contributed by atoms with Crippen molar-refractivity contribution >= 4 is 46.2 Å². The van der Waals surface area contributed by atoms with Crippen LogP contribution in [-0.4, -0.2) is 30.7 Å². The van der Waals surface area contributed by atoms with Gasteiger partial charge in [0.1, 0.15) is 18.2 Å². The van der Waals surface area contributed by atoms with Gasteiger partial charge < -0.3 is 19.9 Å². The number of para-hydroxylation sites is 1. The number of nitrogens with one attached hydrogen (secondary N) is 1. The lowest BCUT2D eigenvalue weighted by Gasteiger charge is -2.12. The number of hydrogen-bond acceptors (Lipinski definition) is 5. The first-order chi connectivity index (χ1) is 13.9. The fraction of sp³-hybridized carbons (Fsp3) is 0.0952. The summed E-state index contributed by atoms with van der Waals surface area (Å²) in [6, 6.07) is 11.2. The van der Waals surface area contributed by atoms with Crippen LogP contribution in [0.25, 0.3) is 6.08 Å². The molecule has 0 aliphatic heterocycles. The number of anilines is 1. The minimum Gasteiger partial charge on any atom is -0.493 e. The van der Waals surface area contributed by atoms with Gasteiger partial charge in [-0.15, -0.1) is 0 Å². The van der Waals surface area contributed by atoms with Gasteiger partial charge in [0.15, 0.2) is 11.5 Å². The molecule has 0 spiro atoms. The maximum absolute atomic E-state index is 12.5. The third kappa shape index (κ3) is 5.58. The maximum Gasteiger partial charge on any atom is 0.337 e. The summed E-state index contributed by atoms with van der Waals surface area (Å²) in [7, 11) is 1.49. The first-order valence-electron chi connectivity index (χ1n) is 8.28. The van der Waals surface area contributed by atoms with E-state index in [9.17, 15) is 20.0 Å². The third-order valence-corrected chi connectivity index (χ3v) is 4.48. The molecule has 2 rings (SSSR count). The highest BCUT2D eigenvalue weighted by atomic mass is 127. The van der Waals surface area contributed by atoms with E-state index < -0.39 is 11.9 Å². The van der Waals surface area contributed by atoms with E-state index in [0.717, 1.165) is 3.57 Å². The summed E-state index contributed by atoms with van der Waals surface area (Å²) in [5.74, 6) is -0.928. The minimum absolute atomic E-state index is 0.0712. The topological polar surface area (TPSA) is 109 Å². The predicted octanol–water partition coefficient (Wildman–Crippen LogP) is 4.11. The third-order valence-electron chi connectivity index (χ3n) is 3.68. The minimum atomic E-state index is -1.18. The Morgan fingerprint density at radius 2 is 2.07 bits per heavy atom. The molecule has 2 N–H and O–H groups in total. The average molecular weight is 504 g/mol. The van der Waals surface area contributed by atoms with Crippen LogP contribution in [0.1, 0.15) is 15.9 Å². The monoisotopic (exact) mass is 504 g/mol. The van der Waals surface area contributed by atoms with E-state index >= 15 is 0 Å². The van der Waals surface area contributed by atoms with Gasteiger partial charge >= 0.3 is 5.97 Å². The predicted molar refractivity (Wildman–Crippen MR) is 117 cm³/mol. The van der Waals surface area contributed by atoms with Gasteiger partial charge in [0.25, 0.3) is 5.91 Å². The molecule has 7 nitrogen and oxygen atoms in total.